The molecule has 0 unspecified atom stereocenters. The van der Waals surface area contributed by atoms with E-state index in [2.05, 4.69) is 0 Å². The lowest BCUT2D eigenvalue weighted by molar-refractivity contribution is -0.130. The zero-order chi connectivity index (χ0) is 12.7. The largest absolute Gasteiger partial charge is 0.391 e. The number of carbonyl (C=O) groups excluding carboxylic acids is 2. The number of Topliss-reactive ketones (excluding diaryl/α,β-unsaturated/α-hetero) is 1. The van der Waals surface area contributed by atoms with Gasteiger partial charge in [0.25, 0.3) is 0 Å². The van der Waals surface area contributed by atoms with Gasteiger partial charge in [-0.15, -0.1) is 0 Å². The van der Waals surface area contributed by atoms with Crippen LogP contribution in [0.3, 0.4) is 0 Å². The molecule has 0 saturated carbocycles. The molecule has 1 N–H and O–H groups in total. The fourth-order valence-electron chi connectivity index (χ4n) is 2.13. The number of β-amino-alcohol motifs (C(OH)–C–C–N with tert-alkyl or cyclic N) is 1. The van der Waals surface area contributed by atoms with E-state index in [0.29, 0.717) is 32.4 Å². The maximum Gasteiger partial charge on any atom is 0.222 e. The van der Waals surface area contributed by atoms with Crippen LogP contribution < -0.4 is 0 Å². The molecule has 0 aromatic carbocycles. The molecule has 1 atom stereocenters. The van der Waals surface area contributed by atoms with Gasteiger partial charge in [0.2, 0.25) is 5.91 Å². The Morgan fingerprint density at radius 1 is 1.18 bits per heavy atom. The van der Waals surface area contributed by atoms with Crippen LogP contribution in [0.1, 0.15) is 51.9 Å². The summed E-state index contributed by atoms with van der Waals surface area (Å²) in [6.07, 6.45) is 5.48. The minimum atomic E-state index is -0.325. The molecule has 0 aromatic heterocycles. The van der Waals surface area contributed by atoms with Crippen molar-refractivity contribution in [2.45, 2.75) is 58.0 Å². The second-order valence-electron chi connectivity index (χ2n) is 4.90. The van der Waals surface area contributed by atoms with Crippen molar-refractivity contribution in [1.82, 2.24) is 4.90 Å². The van der Waals surface area contributed by atoms with Crippen LogP contribution in [0.2, 0.25) is 0 Å². The third-order valence-electron chi connectivity index (χ3n) is 3.19. The van der Waals surface area contributed by atoms with Crippen LogP contribution in [0.25, 0.3) is 0 Å². The molecule has 1 fully saturated rings. The molecular formula is C13H23NO3. The standard InChI is InChI=1S/C13H23NO3/c1-11(15)6-4-2-3-5-7-13(17)14-9-8-12(16)10-14/h12,16H,2-10H2,1H3/t12-/m0/s1. The van der Waals surface area contributed by atoms with Crippen molar-refractivity contribution in [1.29, 1.82) is 0 Å². The smallest absolute Gasteiger partial charge is 0.222 e. The number of rotatable bonds is 7. The van der Waals surface area contributed by atoms with E-state index in [-0.39, 0.29) is 17.8 Å². The quantitative estimate of drug-likeness (QED) is 0.687. The van der Waals surface area contributed by atoms with Crippen LogP contribution in [0, 0.1) is 0 Å². The normalized spacial score (nSPS) is 19.6. The van der Waals surface area contributed by atoms with Crippen molar-refractivity contribution in [3.05, 3.63) is 0 Å². The monoisotopic (exact) mass is 241 g/mol. The van der Waals surface area contributed by atoms with Crippen LogP contribution in [-0.4, -0.2) is 40.9 Å². The third-order valence-corrected chi connectivity index (χ3v) is 3.19. The van der Waals surface area contributed by atoms with E-state index < -0.39 is 0 Å². The number of ketones is 1. The van der Waals surface area contributed by atoms with Gasteiger partial charge in [0, 0.05) is 25.9 Å². The Balaban J connectivity index is 1.99. The Hall–Kier alpha value is -0.900. The summed E-state index contributed by atoms with van der Waals surface area (Å²) in [6, 6.07) is 0. The molecule has 0 aromatic rings. The van der Waals surface area contributed by atoms with Gasteiger partial charge in [0.15, 0.2) is 0 Å². The van der Waals surface area contributed by atoms with E-state index >= 15 is 0 Å². The van der Waals surface area contributed by atoms with E-state index in [1.807, 2.05) is 0 Å². The van der Waals surface area contributed by atoms with Crippen LogP contribution in [-0.2, 0) is 9.59 Å². The number of hydrogen-bond donors (Lipinski definition) is 1. The highest BCUT2D eigenvalue weighted by atomic mass is 16.3. The van der Waals surface area contributed by atoms with Gasteiger partial charge in [-0.05, 0) is 26.2 Å². The fraction of sp³-hybridized carbons (Fsp3) is 0.846. The highest BCUT2D eigenvalue weighted by Crippen LogP contribution is 2.12. The van der Waals surface area contributed by atoms with Gasteiger partial charge in [-0.3, -0.25) is 4.79 Å². The molecule has 1 saturated heterocycles. The Kier molecular flexibility index (Phi) is 6.19. The molecule has 17 heavy (non-hydrogen) atoms. The SMILES string of the molecule is CC(=O)CCCCCCC(=O)N1CC[C@H](O)C1. The van der Waals surface area contributed by atoms with Gasteiger partial charge in [0.05, 0.1) is 6.10 Å². The summed E-state index contributed by atoms with van der Waals surface area (Å²) in [4.78, 5) is 24.1. The number of unbranched alkanes of at least 4 members (excludes halogenated alkanes) is 3. The minimum Gasteiger partial charge on any atom is -0.391 e. The lowest BCUT2D eigenvalue weighted by atomic mass is 10.1. The summed E-state index contributed by atoms with van der Waals surface area (Å²) >= 11 is 0. The number of aliphatic hydroxyl groups excluding tert-OH is 1. The topological polar surface area (TPSA) is 57.6 Å². The lowest BCUT2D eigenvalue weighted by Gasteiger charge is -2.15. The predicted molar refractivity (Wildman–Crippen MR) is 65.6 cm³/mol. The fourth-order valence-corrected chi connectivity index (χ4v) is 2.13. The van der Waals surface area contributed by atoms with E-state index in [1.54, 1.807) is 11.8 Å². The van der Waals surface area contributed by atoms with Crippen molar-refractivity contribution in [2.75, 3.05) is 13.1 Å². The molecule has 0 spiro atoms. The summed E-state index contributed by atoms with van der Waals surface area (Å²) in [5.74, 6) is 0.403. The molecule has 0 aliphatic carbocycles. The molecule has 4 heteroatoms. The Morgan fingerprint density at radius 3 is 2.35 bits per heavy atom. The summed E-state index contributed by atoms with van der Waals surface area (Å²) < 4.78 is 0. The van der Waals surface area contributed by atoms with Crippen molar-refractivity contribution in [2.24, 2.45) is 0 Å². The molecule has 1 rings (SSSR count). The summed E-state index contributed by atoms with van der Waals surface area (Å²) in [5.41, 5.74) is 0. The zero-order valence-electron chi connectivity index (χ0n) is 10.7. The van der Waals surface area contributed by atoms with Gasteiger partial charge in [0.1, 0.15) is 5.78 Å². The first-order valence-corrected chi connectivity index (χ1v) is 6.55. The van der Waals surface area contributed by atoms with Gasteiger partial charge in [-0.25, -0.2) is 0 Å². The average Bonchev–Trinajstić information content (AvgIpc) is 2.69. The second kappa shape index (κ2) is 7.43. The highest BCUT2D eigenvalue weighted by molar-refractivity contribution is 5.76. The summed E-state index contributed by atoms with van der Waals surface area (Å²) in [5, 5.41) is 9.32. The molecule has 1 heterocycles. The zero-order valence-corrected chi connectivity index (χ0v) is 10.7. The molecule has 98 valence electrons. The molecular weight excluding hydrogens is 218 g/mol. The van der Waals surface area contributed by atoms with Crippen LogP contribution >= 0.6 is 0 Å². The van der Waals surface area contributed by atoms with Crippen molar-refractivity contribution < 1.29 is 14.7 Å². The van der Waals surface area contributed by atoms with Crippen molar-refractivity contribution in [3.63, 3.8) is 0 Å². The summed E-state index contributed by atoms with van der Waals surface area (Å²) in [6.45, 7) is 2.82. The minimum absolute atomic E-state index is 0.160. The molecule has 1 aliphatic heterocycles. The van der Waals surface area contributed by atoms with Gasteiger partial charge in [-0.1, -0.05) is 12.8 Å². The van der Waals surface area contributed by atoms with Crippen molar-refractivity contribution in [3.8, 4) is 0 Å². The number of hydrogen-bond acceptors (Lipinski definition) is 3. The highest BCUT2D eigenvalue weighted by Gasteiger charge is 2.23. The maximum absolute atomic E-state index is 11.7. The summed E-state index contributed by atoms with van der Waals surface area (Å²) in [7, 11) is 0. The average molecular weight is 241 g/mol. The van der Waals surface area contributed by atoms with Crippen LogP contribution in [0.15, 0.2) is 0 Å². The molecule has 4 nitrogen and oxygen atoms in total. The molecule has 1 amide bonds. The Labute approximate surface area is 103 Å². The van der Waals surface area contributed by atoms with Gasteiger partial charge in [-0.2, -0.15) is 0 Å². The lowest BCUT2D eigenvalue weighted by Crippen LogP contribution is -2.29. The number of aliphatic hydroxyl groups is 1. The molecule has 0 radical (unpaired) electrons. The number of carbonyl (C=O) groups is 2. The first-order chi connectivity index (χ1) is 8.09. The first-order valence-electron chi connectivity index (χ1n) is 6.55. The second-order valence-corrected chi connectivity index (χ2v) is 4.90. The number of amides is 1. The number of nitrogens with zero attached hydrogens (tertiary/aromatic N) is 1. The van der Waals surface area contributed by atoms with Gasteiger partial charge < -0.3 is 14.8 Å². The van der Waals surface area contributed by atoms with Crippen LogP contribution in [0.4, 0.5) is 0 Å². The van der Waals surface area contributed by atoms with Gasteiger partial charge >= 0.3 is 0 Å². The van der Waals surface area contributed by atoms with E-state index in [9.17, 15) is 14.7 Å². The van der Waals surface area contributed by atoms with E-state index in [1.165, 1.54) is 0 Å². The predicted octanol–water partition coefficient (Wildman–Crippen LogP) is 1.51. The molecule has 1 aliphatic rings. The maximum atomic E-state index is 11.7. The Bertz CT molecular complexity index is 265. The molecule has 0 bridgehead atoms. The van der Waals surface area contributed by atoms with E-state index in [4.69, 9.17) is 0 Å². The van der Waals surface area contributed by atoms with E-state index in [0.717, 1.165) is 25.7 Å². The first kappa shape index (κ1) is 14.2. The Morgan fingerprint density at radius 2 is 1.82 bits per heavy atom. The van der Waals surface area contributed by atoms with Crippen molar-refractivity contribution >= 4 is 11.7 Å². The van der Waals surface area contributed by atoms with Crippen LogP contribution in [0.5, 0.6) is 0 Å². The number of likely N-dealkylation sites (tertiary alicyclic amines) is 1. The third kappa shape index (κ3) is 5.82.